The van der Waals surface area contributed by atoms with Crippen LogP contribution in [0.5, 0.6) is 0 Å². The zero-order valence-electron chi connectivity index (χ0n) is 18.8. The minimum atomic E-state index is -0.756. The number of nitrogens with one attached hydrogen (secondary N) is 1. The van der Waals surface area contributed by atoms with Crippen LogP contribution in [0.1, 0.15) is 21.9 Å². The molecule has 1 saturated heterocycles. The molecule has 4 rings (SSSR count). The van der Waals surface area contributed by atoms with Gasteiger partial charge in [-0.1, -0.05) is 6.07 Å². The molecule has 3 heterocycles. The van der Waals surface area contributed by atoms with Crippen LogP contribution < -0.4 is 5.32 Å². The summed E-state index contributed by atoms with van der Waals surface area (Å²) in [6.07, 6.45) is -1.13. The molecular formula is C21H21BrFN7O5. The van der Waals surface area contributed by atoms with Gasteiger partial charge < -0.3 is 19.5 Å². The summed E-state index contributed by atoms with van der Waals surface area (Å²) < 4.78 is 29.4. The SMILES string of the molecule is COC(=O)[C@@H]1CO[C@H](Cn2nnc(-c3cc(C(=O)NCc4ccc(F)c(Br)c4)nc(C)n3)n2)CO1. The molecular weight excluding hydrogens is 529 g/mol. The lowest BCUT2D eigenvalue weighted by atomic mass is 10.2. The minimum Gasteiger partial charge on any atom is -0.467 e. The number of rotatable bonds is 7. The van der Waals surface area contributed by atoms with E-state index in [2.05, 4.69) is 51.4 Å². The van der Waals surface area contributed by atoms with Gasteiger partial charge in [-0.25, -0.2) is 19.2 Å². The summed E-state index contributed by atoms with van der Waals surface area (Å²) in [5.74, 6) is -0.751. The maximum atomic E-state index is 13.4. The third-order valence-electron chi connectivity index (χ3n) is 4.99. The van der Waals surface area contributed by atoms with Crippen LogP contribution in [-0.2, 0) is 32.1 Å². The molecule has 2 atom stereocenters. The van der Waals surface area contributed by atoms with Gasteiger partial charge in [0.05, 0.1) is 31.3 Å². The summed E-state index contributed by atoms with van der Waals surface area (Å²) in [5, 5.41) is 15.1. The van der Waals surface area contributed by atoms with Gasteiger partial charge in [0.2, 0.25) is 5.82 Å². The third-order valence-corrected chi connectivity index (χ3v) is 5.59. The quantitative estimate of drug-likeness (QED) is 0.427. The number of aromatic nitrogens is 6. The molecule has 1 aliphatic heterocycles. The van der Waals surface area contributed by atoms with Crippen molar-refractivity contribution in [2.45, 2.75) is 32.2 Å². The molecule has 0 spiro atoms. The molecule has 1 aromatic carbocycles. The lowest BCUT2D eigenvalue weighted by molar-refractivity contribution is -0.180. The van der Waals surface area contributed by atoms with Crippen molar-refractivity contribution in [2.75, 3.05) is 20.3 Å². The Morgan fingerprint density at radius 2 is 2.09 bits per heavy atom. The summed E-state index contributed by atoms with van der Waals surface area (Å²) in [6.45, 7) is 2.30. The Bertz CT molecular complexity index is 1230. The highest BCUT2D eigenvalue weighted by atomic mass is 79.9. The summed E-state index contributed by atoms with van der Waals surface area (Å²) in [6, 6.07) is 5.95. The first kappa shape index (κ1) is 24.8. The number of tetrazole rings is 1. The number of esters is 1. The fourth-order valence-electron chi connectivity index (χ4n) is 3.24. The Hall–Kier alpha value is -3.36. The molecule has 1 fully saturated rings. The molecule has 2 aromatic heterocycles. The van der Waals surface area contributed by atoms with Gasteiger partial charge in [0.1, 0.15) is 29.1 Å². The predicted molar refractivity (Wildman–Crippen MR) is 120 cm³/mol. The number of hydrogen-bond donors (Lipinski definition) is 1. The number of hydrogen-bond acceptors (Lipinski definition) is 10. The molecule has 1 amide bonds. The van der Waals surface area contributed by atoms with Gasteiger partial charge in [-0.05, 0) is 51.8 Å². The summed E-state index contributed by atoms with van der Waals surface area (Å²) in [5.41, 5.74) is 1.17. The van der Waals surface area contributed by atoms with Crippen molar-refractivity contribution in [1.29, 1.82) is 0 Å². The Labute approximate surface area is 207 Å². The van der Waals surface area contributed by atoms with Gasteiger partial charge in [0.15, 0.2) is 6.10 Å². The highest BCUT2D eigenvalue weighted by Gasteiger charge is 2.29. The van der Waals surface area contributed by atoms with E-state index in [0.717, 1.165) is 0 Å². The van der Waals surface area contributed by atoms with Crippen molar-refractivity contribution in [2.24, 2.45) is 0 Å². The molecule has 35 heavy (non-hydrogen) atoms. The summed E-state index contributed by atoms with van der Waals surface area (Å²) >= 11 is 3.12. The average Bonchev–Trinajstić information content (AvgIpc) is 3.32. The Morgan fingerprint density at radius 1 is 1.26 bits per heavy atom. The molecule has 184 valence electrons. The van der Waals surface area contributed by atoms with Crippen LogP contribution in [0, 0.1) is 12.7 Å². The number of carbonyl (C=O) groups excluding carboxylic acids is 2. The van der Waals surface area contributed by atoms with E-state index in [0.29, 0.717) is 21.6 Å². The smallest absolute Gasteiger partial charge is 0.337 e. The van der Waals surface area contributed by atoms with E-state index in [-0.39, 0.29) is 49.7 Å². The minimum absolute atomic E-state index is 0.0668. The predicted octanol–water partition coefficient (Wildman–Crippen LogP) is 1.23. The van der Waals surface area contributed by atoms with Gasteiger partial charge >= 0.3 is 5.97 Å². The van der Waals surface area contributed by atoms with Crippen LogP contribution in [0.15, 0.2) is 28.7 Å². The number of ether oxygens (including phenoxy) is 3. The fraction of sp³-hybridized carbons (Fsp3) is 0.381. The van der Waals surface area contributed by atoms with Gasteiger partial charge in [-0.3, -0.25) is 4.79 Å². The largest absolute Gasteiger partial charge is 0.467 e. The van der Waals surface area contributed by atoms with E-state index in [1.165, 1.54) is 24.0 Å². The monoisotopic (exact) mass is 549 g/mol. The maximum absolute atomic E-state index is 13.4. The zero-order valence-corrected chi connectivity index (χ0v) is 20.4. The maximum Gasteiger partial charge on any atom is 0.337 e. The molecule has 0 saturated carbocycles. The number of amides is 1. The highest BCUT2D eigenvalue weighted by Crippen LogP contribution is 2.17. The zero-order chi connectivity index (χ0) is 24.9. The number of benzene rings is 1. The average molecular weight is 550 g/mol. The van der Waals surface area contributed by atoms with Crippen molar-refractivity contribution in [3.05, 3.63) is 51.6 Å². The van der Waals surface area contributed by atoms with E-state index in [9.17, 15) is 14.0 Å². The summed E-state index contributed by atoms with van der Waals surface area (Å²) in [7, 11) is 1.28. The van der Waals surface area contributed by atoms with Gasteiger partial charge in [0.25, 0.3) is 5.91 Å². The molecule has 1 aliphatic rings. The van der Waals surface area contributed by atoms with E-state index >= 15 is 0 Å². The number of halogens is 2. The van der Waals surface area contributed by atoms with Crippen LogP contribution in [0.2, 0.25) is 0 Å². The van der Waals surface area contributed by atoms with Crippen LogP contribution in [0.25, 0.3) is 11.5 Å². The van der Waals surface area contributed by atoms with E-state index in [4.69, 9.17) is 9.47 Å². The third kappa shape index (κ3) is 6.21. The molecule has 0 bridgehead atoms. The van der Waals surface area contributed by atoms with Gasteiger partial charge in [-0.2, -0.15) is 4.80 Å². The topological polar surface area (TPSA) is 143 Å². The first-order valence-electron chi connectivity index (χ1n) is 10.5. The van der Waals surface area contributed by atoms with Crippen molar-refractivity contribution in [1.82, 2.24) is 35.5 Å². The number of carbonyl (C=O) groups is 2. The van der Waals surface area contributed by atoms with Crippen molar-refractivity contribution < 1.29 is 28.2 Å². The van der Waals surface area contributed by atoms with Gasteiger partial charge in [-0.15, -0.1) is 10.2 Å². The second kappa shape index (κ2) is 10.9. The van der Waals surface area contributed by atoms with Crippen molar-refractivity contribution in [3.8, 4) is 11.5 Å². The van der Waals surface area contributed by atoms with E-state index < -0.39 is 18.0 Å². The second-order valence-electron chi connectivity index (χ2n) is 7.59. The first-order chi connectivity index (χ1) is 16.8. The van der Waals surface area contributed by atoms with Crippen molar-refractivity contribution >= 4 is 27.8 Å². The van der Waals surface area contributed by atoms with Crippen molar-refractivity contribution in [3.63, 3.8) is 0 Å². The Morgan fingerprint density at radius 3 is 2.80 bits per heavy atom. The standard InChI is InChI=1S/C21H21BrFN7O5/c1-11-25-16(6-17(26-11)20(31)24-7-12-3-4-15(23)14(22)5-12)19-27-29-30(28-19)8-13-9-35-18(10-34-13)21(32)33-2/h3-6,13,18H,7-10H2,1-2H3,(H,24,31)/t13-,18+/m1/s1. The fourth-order valence-corrected chi connectivity index (χ4v) is 3.67. The van der Waals surface area contributed by atoms with Crippen LogP contribution in [0.3, 0.4) is 0 Å². The first-order valence-corrected chi connectivity index (χ1v) is 11.3. The highest BCUT2D eigenvalue weighted by molar-refractivity contribution is 9.10. The molecule has 0 radical (unpaired) electrons. The van der Waals surface area contributed by atoms with E-state index in [1.54, 1.807) is 19.1 Å². The Kier molecular flexibility index (Phi) is 7.73. The molecule has 0 aliphatic carbocycles. The second-order valence-corrected chi connectivity index (χ2v) is 8.44. The van der Waals surface area contributed by atoms with Crippen LogP contribution in [-0.4, -0.2) is 74.6 Å². The molecule has 1 N–H and O–H groups in total. The lowest BCUT2D eigenvalue weighted by Crippen LogP contribution is -2.42. The molecule has 12 nitrogen and oxygen atoms in total. The van der Waals surface area contributed by atoms with Crippen LogP contribution in [0.4, 0.5) is 4.39 Å². The molecule has 3 aromatic rings. The normalized spacial score (nSPS) is 17.7. The Balaban J connectivity index is 1.39. The molecule has 14 heteroatoms. The number of aryl methyl sites for hydroxylation is 1. The van der Waals surface area contributed by atoms with Gasteiger partial charge in [0, 0.05) is 6.54 Å². The molecule has 0 unspecified atom stereocenters. The van der Waals surface area contributed by atoms with Crippen LogP contribution >= 0.6 is 15.9 Å². The van der Waals surface area contributed by atoms with E-state index in [1.807, 2.05) is 0 Å². The number of methoxy groups -OCH3 is 1. The lowest BCUT2D eigenvalue weighted by Gasteiger charge is -2.27. The summed E-state index contributed by atoms with van der Waals surface area (Å²) in [4.78, 5) is 34.0. The number of nitrogens with zero attached hydrogens (tertiary/aromatic N) is 6.